The average molecular weight is 565 g/mol. The fraction of sp³-hybridized carbons (Fsp3) is 0.333. The zero-order valence-corrected chi connectivity index (χ0v) is 24.2. The normalized spacial score (nSPS) is 18.3. The standard InChI is InChI=1S/C33H36N6O3/c1-4-29-23(2)21-30(42-29)39-22-24(19-20-35-38-34)31(36-32(39)40)37-33(25-11-7-5-8-12-25,26-13-9-6-10-14-26)27-15-17-28(41-3)18-16-27/h5-18,22-23,29-30H,4,19-21H2,1-3H3,(H,36,37,40)/t23-,29+,30+/m0/s1. The summed E-state index contributed by atoms with van der Waals surface area (Å²) in [5, 5.41) is 7.50. The Morgan fingerprint density at radius 2 is 1.67 bits per heavy atom. The topological polar surface area (TPSA) is 114 Å². The van der Waals surface area contributed by atoms with E-state index in [-0.39, 0.29) is 12.6 Å². The number of aromatic nitrogens is 2. The van der Waals surface area contributed by atoms with Crippen molar-refractivity contribution in [3.05, 3.63) is 134 Å². The molecule has 1 aromatic heterocycles. The molecule has 0 amide bonds. The Hall–Kier alpha value is -4.59. The van der Waals surface area contributed by atoms with Crippen molar-refractivity contribution in [2.45, 2.75) is 51.0 Å². The zero-order valence-electron chi connectivity index (χ0n) is 24.2. The van der Waals surface area contributed by atoms with E-state index in [0.717, 1.165) is 40.8 Å². The lowest BCUT2D eigenvalue weighted by Gasteiger charge is -2.38. The van der Waals surface area contributed by atoms with Gasteiger partial charge in [0.2, 0.25) is 0 Å². The molecule has 9 heteroatoms. The summed E-state index contributed by atoms with van der Waals surface area (Å²) in [7, 11) is 1.64. The van der Waals surface area contributed by atoms with E-state index in [2.05, 4.69) is 58.4 Å². The number of nitrogens with zero attached hydrogens (tertiary/aromatic N) is 5. The van der Waals surface area contributed by atoms with Gasteiger partial charge in [0.25, 0.3) is 0 Å². The van der Waals surface area contributed by atoms with Crippen LogP contribution in [0.2, 0.25) is 0 Å². The fourth-order valence-corrected chi connectivity index (χ4v) is 5.87. The molecule has 0 bridgehead atoms. The first-order valence-corrected chi connectivity index (χ1v) is 14.3. The molecule has 1 N–H and O–H groups in total. The van der Waals surface area contributed by atoms with Crippen molar-refractivity contribution in [1.82, 2.24) is 9.55 Å². The van der Waals surface area contributed by atoms with E-state index < -0.39 is 17.5 Å². The van der Waals surface area contributed by atoms with Crippen molar-refractivity contribution in [3.8, 4) is 5.75 Å². The summed E-state index contributed by atoms with van der Waals surface area (Å²) >= 11 is 0. The summed E-state index contributed by atoms with van der Waals surface area (Å²) in [6.07, 6.45) is 3.50. The highest BCUT2D eigenvalue weighted by Crippen LogP contribution is 2.41. The molecule has 0 aliphatic carbocycles. The number of azide groups is 1. The van der Waals surface area contributed by atoms with E-state index in [1.54, 1.807) is 11.7 Å². The largest absolute Gasteiger partial charge is 0.497 e. The van der Waals surface area contributed by atoms with Crippen LogP contribution in [0.1, 0.15) is 55.2 Å². The smallest absolute Gasteiger partial charge is 0.351 e. The lowest BCUT2D eigenvalue weighted by molar-refractivity contribution is -0.00760. The predicted octanol–water partition coefficient (Wildman–Crippen LogP) is 6.84. The number of hydrogen-bond acceptors (Lipinski definition) is 6. The van der Waals surface area contributed by atoms with Gasteiger partial charge in [0.15, 0.2) is 0 Å². The van der Waals surface area contributed by atoms with Crippen molar-refractivity contribution in [3.63, 3.8) is 0 Å². The van der Waals surface area contributed by atoms with Crippen molar-refractivity contribution in [2.75, 3.05) is 19.0 Å². The summed E-state index contributed by atoms with van der Waals surface area (Å²) < 4.78 is 13.3. The molecule has 9 nitrogen and oxygen atoms in total. The second-order valence-corrected chi connectivity index (χ2v) is 10.6. The summed E-state index contributed by atoms with van der Waals surface area (Å²) in [6.45, 7) is 4.46. The molecule has 3 atom stereocenters. The highest BCUT2D eigenvalue weighted by Gasteiger charge is 2.38. The second kappa shape index (κ2) is 12.9. The molecule has 1 fully saturated rings. The van der Waals surface area contributed by atoms with E-state index in [4.69, 9.17) is 15.0 Å². The molecule has 4 aromatic rings. The fourth-order valence-electron chi connectivity index (χ4n) is 5.87. The molecule has 0 spiro atoms. The van der Waals surface area contributed by atoms with Crippen LogP contribution in [0.25, 0.3) is 10.4 Å². The minimum atomic E-state index is -0.917. The monoisotopic (exact) mass is 564 g/mol. The van der Waals surface area contributed by atoms with Gasteiger partial charge in [0, 0.05) is 23.2 Å². The van der Waals surface area contributed by atoms with Crippen LogP contribution in [-0.4, -0.2) is 29.3 Å². The molecular weight excluding hydrogens is 528 g/mol. The Morgan fingerprint density at radius 1 is 1.05 bits per heavy atom. The summed E-state index contributed by atoms with van der Waals surface area (Å²) in [6, 6.07) is 28.1. The molecule has 3 aromatic carbocycles. The molecule has 2 heterocycles. The van der Waals surface area contributed by atoms with E-state index >= 15 is 0 Å². The van der Waals surface area contributed by atoms with Crippen LogP contribution in [0.3, 0.4) is 0 Å². The van der Waals surface area contributed by atoms with Crippen LogP contribution < -0.4 is 15.7 Å². The van der Waals surface area contributed by atoms with E-state index in [9.17, 15) is 4.79 Å². The first-order chi connectivity index (χ1) is 20.5. The Bertz CT molecular complexity index is 1540. The minimum Gasteiger partial charge on any atom is -0.497 e. The highest BCUT2D eigenvalue weighted by atomic mass is 16.5. The molecule has 5 rings (SSSR count). The van der Waals surface area contributed by atoms with Crippen LogP contribution in [0, 0.1) is 5.92 Å². The molecule has 1 saturated heterocycles. The Balaban J connectivity index is 1.70. The molecule has 0 unspecified atom stereocenters. The number of benzene rings is 3. The first kappa shape index (κ1) is 28.9. The van der Waals surface area contributed by atoms with Crippen molar-refractivity contribution in [1.29, 1.82) is 0 Å². The number of hydrogen-bond donors (Lipinski definition) is 1. The van der Waals surface area contributed by atoms with Crippen LogP contribution in [-0.2, 0) is 16.7 Å². The lowest BCUT2D eigenvalue weighted by Crippen LogP contribution is -2.40. The summed E-state index contributed by atoms with van der Waals surface area (Å²) in [5.74, 6) is 1.49. The number of rotatable bonds is 11. The highest BCUT2D eigenvalue weighted by molar-refractivity contribution is 5.60. The van der Waals surface area contributed by atoms with Gasteiger partial charge in [0.1, 0.15) is 23.3 Å². The number of anilines is 1. The number of nitrogens with one attached hydrogen (secondary N) is 1. The number of ether oxygens (including phenoxy) is 2. The van der Waals surface area contributed by atoms with E-state index in [1.165, 1.54) is 0 Å². The van der Waals surface area contributed by atoms with Gasteiger partial charge in [-0.3, -0.25) is 4.57 Å². The second-order valence-electron chi connectivity index (χ2n) is 10.6. The Morgan fingerprint density at radius 3 is 2.21 bits per heavy atom. The van der Waals surface area contributed by atoms with Gasteiger partial charge in [-0.05, 0) is 59.5 Å². The SMILES string of the molecule is CC[C@H]1O[C@@H](n2cc(CCN=[N+]=[N-])c(NC(c3ccccc3)(c3ccccc3)c3ccc(OC)cc3)nc2=O)C[C@@H]1C. The average Bonchev–Trinajstić information content (AvgIpc) is 3.41. The Labute approximate surface area is 245 Å². The van der Waals surface area contributed by atoms with Crippen molar-refractivity contribution in [2.24, 2.45) is 11.0 Å². The third kappa shape index (κ3) is 5.75. The quantitative estimate of drug-likeness (QED) is 0.0927. The van der Waals surface area contributed by atoms with E-state index in [0.29, 0.717) is 18.2 Å². The van der Waals surface area contributed by atoms with E-state index in [1.807, 2.05) is 66.9 Å². The van der Waals surface area contributed by atoms with Gasteiger partial charge in [-0.15, -0.1) is 0 Å². The van der Waals surface area contributed by atoms with Crippen LogP contribution in [0.4, 0.5) is 5.82 Å². The third-order valence-electron chi connectivity index (χ3n) is 8.07. The summed E-state index contributed by atoms with van der Waals surface area (Å²) in [4.78, 5) is 21.2. The maximum absolute atomic E-state index is 13.6. The van der Waals surface area contributed by atoms with Gasteiger partial charge in [-0.1, -0.05) is 91.8 Å². The van der Waals surface area contributed by atoms with Gasteiger partial charge >= 0.3 is 5.69 Å². The Kier molecular flexibility index (Phi) is 8.91. The summed E-state index contributed by atoms with van der Waals surface area (Å²) in [5.41, 5.74) is 11.3. The molecule has 1 aliphatic heterocycles. The first-order valence-electron chi connectivity index (χ1n) is 14.3. The van der Waals surface area contributed by atoms with Crippen LogP contribution in [0.15, 0.2) is 101 Å². The molecule has 0 radical (unpaired) electrons. The van der Waals surface area contributed by atoms with Crippen LogP contribution >= 0.6 is 0 Å². The molecular formula is C33H36N6O3. The molecule has 42 heavy (non-hydrogen) atoms. The van der Waals surface area contributed by atoms with Crippen molar-refractivity contribution >= 4 is 5.82 Å². The van der Waals surface area contributed by atoms with Crippen LogP contribution in [0.5, 0.6) is 5.75 Å². The molecule has 0 saturated carbocycles. The third-order valence-corrected chi connectivity index (χ3v) is 8.07. The number of methoxy groups -OCH3 is 1. The zero-order chi connectivity index (χ0) is 29.5. The predicted molar refractivity (Wildman–Crippen MR) is 164 cm³/mol. The van der Waals surface area contributed by atoms with Gasteiger partial charge in [-0.2, -0.15) is 4.98 Å². The van der Waals surface area contributed by atoms with Crippen molar-refractivity contribution < 1.29 is 9.47 Å². The van der Waals surface area contributed by atoms with Gasteiger partial charge in [-0.25, -0.2) is 4.79 Å². The lowest BCUT2D eigenvalue weighted by atomic mass is 9.77. The minimum absolute atomic E-state index is 0.0882. The maximum Gasteiger partial charge on any atom is 0.351 e. The maximum atomic E-state index is 13.6. The van der Waals surface area contributed by atoms with Gasteiger partial charge < -0.3 is 14.8 Å². The van der Waals surface area contributed by atoms with Gasteiger partial charge in [0.05, 0.1) is 13.2 Å². The molecule has 1 aliphatic rings. The molecule has 216 valence electrons.